The van der Waals surface area contributed by atoms with Crippen molar-refractivity contribution in [3.05, 3.63) is 52.5 Å². The molecule has 7 heteroatoms. The first-order valence-corrected chi connectivity index (χ1v) is 11.7. The van der Waals surface area contributed by atoms with Crippen molar-refractivity contribution in [2.75, 3.05) is 38.7 Å². The van der Waals surface area contributed by atoms with Crippen LogP contribution in [0.1, 0.15) is 37.3 Å². The number of ether oxygens (including phenoxy) is 1. The minimum Gasteiger partial charge on any atom is -0.484 e. The molecule has 1 aromatic heterocycles. The highest BCUT2D eigenvalue weighted by atomic mass is 35.5. The van der Waals surface area contributed by atoms with Crippen LogP contribution in [-0.4, -0.2) is 49.6 Å². The van der Waals surface area contributed by atoms with Crippen LogP contribution >= 0.6 is 22.9 Å². The smallest absolute Gasteiger partial charge is 0.266 e. The van der Waals surface area contributed by atoms with Crippen molar-refractivity contribution in [2.24, 2.45) is 0 Å². The fourth-order valence-corrected chi connectivity index (χ4v) is 4.47. The summed E-state index contributed by atoms with van der Waals surface area (Å²) in [6.07, 6.45) is 0.845. The molecule has 0 aliphatic carbocycles. The van der Waals surface area contributed by atoms with Gasteiger partial charge >= 0.3 is 0 Å². The summed E-state index contributed by atoms with van der Waals surface area (Å²) in [7, 11) is 4.05. The second-order valence-electron chi connectivity index (χ2n) is 8.23. The third-order valence-electron chi connectivity index (χ3n) is 5.16. The number of benzene rings is 2. The standard InChI is InChI=1S/C24H30ClN3O2S/c1-16(2)18-7-9-19(10-8-18)30-15-22(29)28(14-6-13-27(4)5)24-26-23-17(3)20(25)11-12-21(23)31-24/h7-12,16H,6,13-15H2,1-5H3. The minimum atomic E-state index is -0.102. The Morgan fingerprint density at radius 1 is 1.13 bits per heavy atom. The van der Waals surface area contributed by atoms with Gasteiger partial charge in [-0.1, -0.05) is 48.9 Å². The molecular weight excluding hydrogens is 430 g/mol. The van der Waals surface area contributed by atoms with Crippen LogP contribution in [0.4, 0.5) is 5.13 Å². The fraction of sp³-hybridized carbons (Fsp3) is 0.417. The minimum absolute atomic E-state index is 0.0291. The number of carbonyl (C=O) groups excluding carboxylic acids is 1. The number of halogens is 1. The second kappa shape index (κ2) is 10.4. The molecule has 166 valence electrons. The normalized spacial score (nSPS) is 11.5. The molecule has 0 atom stereocenters. The third-order valence-corrected chi connectivity index (χ3v) is 6.62. The molecule has 1 amide bonds. The first kappa shape index (κ1) is 23.5. The zero-order valence-electron chi connectivity index (χ0n) is 18.8. The van der Waals surface area contributed by atoms with Crippen molar-refractivity contribution in [2.45, 2.75) is 33.1 Å². The predicted octanol–water partition coefficient (Wildman–Crippen LogP) is 5.75. The lowest BCUT2D eigenvalue weighted by molar-refractivity contribution is -0.120. The number of hydrogen-bond acceptors (Lipinski definition) is 5. The highest BCUT2D eigenvalue weighted by Gasteiger charge is 2.21. The van der Waals surface area contributed by atoms with Crippen LogP contribution in [0.15, 0.2) is 36.4 Å². The number of aromatic nitrogens is 1. The van der Waals surface area contributed by atoms with Gasteiger partial charge in [0.25, 0.3) is 5.91 Å². The van der Waals surface area contributed by atoms with E-state index in [2.05, 4.69) is 18.7 Å². The molecule has 0 radical (unpaired) electrons. The van der Waals surface area contributed by atoms with E-state index in [0.29, 0.717) is 28.4 Å². The highest BCUT2D eigenvalue weighted by molar-refractivity contribution is 7.22. The number of anilines is 1. The van der Waals surface area contributed by atoms with Gasteiger partial charge in [0.2, 0.25) is 0 Å². The largest absolute Gasteiger partial charge is 0.484 e. The van der Waals surface area contributed by atoms with E-state index < -0.39 is 0 Å². The van der Waals surface area contributed by atoms with E-state index in [9.17, 15) is 4.79 Å². The summed E-state index contributed by atoms with van der Waals surface area (Å²) in [5, 5.41) is 1.37. The van der Waals surface area contributed by atoms with E-state index in [-0.39, 0.29) is 12.5 Å². The number of fused-ring (bicyclic) bond motifs is 1. The van der Waals surface area contributed by atoms with Crippen LogP contribution < -0.4 is 9.64 Å². The molecule has 31 heavy (non-hydrogen) atoms. The molecule has 0 bridgehead atoms. The Morgan fingerprint density at radius 3 is 2.48 bits per heavy atom. The number of thiazole rings is 1. The molecule has 1 heterocycles. The van der Waals surface area contributed by atoms with E-state index in [4.69, 9.17) is 21.3 Å². The van der Waals surface area contributed by atoms with Crippen LogP contribution in [0.5, 0.6) is 5.75 Å². The van der Waals surface area contributed by atoms with Crippen molar-refractivity contribution in [3.8, 4) is 5.75 Å². The quantitative estimate of drug-likeness (QED) is 0.409. The summed E-state index contributed by atoms with van der Waals surface area (Å²) in [6.45, 7) is 7.70. The molecular formula is C24H30ClN3O2S. The Labute approximate surface area is 193 Å². The van der Waals surface area contributed by atoms with Crippen molar-refractivity contribution in [1.29, 1.82) is 0 Å². The monoisotopic (exact) mass is 459 g/mol. The Balaban J connectivity index is 1.77. The number of carbonyl (C=O) groups is 1. The number of aryl methyl sites for hydroxylation is 1. The molecule has 0 N–H and O–H groups in total. The van der Waals surface area contributed by atoms with Crippen molar-refractivity contribution < 1.29 is 9.53 Å². The fourth-order valence-electron chi connectivity index (χ4n) is 3.25. The van der Waals surface area contributed by atoms with Crippen molar-refractivity contribution in [1.82, 2.24) is 9.88 Å². The summed E-state index contributed by atoms with van der Waals surface area (Å²) >= 11 is 7.77. The molecule has 0 unspecified atom stereocenters. The number of amides is 1. The van der Waals surface area contributed by atoms with E-state index >= 15 is 0 Å². The summed E-state index contributed by atoms with van der Waals surface area (Å²) < 4.78 is 6.82. The Morgan fingerprint density at radius 2 is 1.84 bits per heavy atom. The molecule has 0 aliphatic heterocycles. The van der Waals surface area contributed by atoms with E-state index in [1.54, 1.807) is 4.90 Å². The van der Waals surface area contributed by atoms with Gasteiger partial charge in [-0.2, -0.15) is 0 Å². The molecule has 0 saturated carbocycles. The molecule has 5 nitrogen and oxygen atoms in total. The summed E-state index contributed by atoms with van der Waals surface area (Å²) in [6, 6.07) is 11.8. The van der Waals surface area contributed by atoms with E-state index in [1.807, 2.05) is 57.4 Å². The average molecular weight is 460 g/mol. The summed E-state index contributed by atoms with van der Waals surface area (Å²) in [5.41, 5.74) is 3.03. The molecule has 3 aromatic rings. The van der Waals surface area contributed by atoms with Gasteiger partial charge in [0, 0.05) is 11.6 Å². The maximum absolute atomic E-state index is 13.1. The van der Waals surface area contributed by atoms with Gasteiger partial charge in [-0.3, -0.25) is 9.69 Å². The Bertz CT molecular complexity index is 1030. The highest BCUT2D eigenvalue weighted by Crippen LogP contribution is 2.33. The first-order valence-electron chi connectivity index (χ1n) is 10.5. The molecule has 0 spiro atoms. The maximum Gasteiger partial charge on any atom is 0.266 e. The van der Waals surface area contributed by atoms with Gasteiger partial charge in [0.15, 0.2) is 11.7 Å². The van der Waals surface area contributed by atoms with E-state index in [0.717, 1.165) is 28.7 Å². The zero-order chi connectivity index (χ0) is 22.5. The molecule has 0 saturated heterocycles. The maximum atomic E-state index is 13.1. The van der Waals surface area contributed by atoms with Gasteiger partial charge in [0.1, 0.15) is 5.75 Å². The van der Waals surface area contributed by atoms with Crippen molar-refractivity contribution in [3.63, 3.8) is 0 Å². The molecule has 3 rings (SSSR count). The Hall–Kier alpha value is -2.15. The van der Waals surface area contributed by atoms with Crippen LogP contribution in [0.25, 0.3) is 10.2 Å². The van der Waals surface area contributed by atoms with Crippen LogP contribution in [0.2, 0.25) is 5.02 Å². The molecule has 2 aromatic carbocycles. The van der Waals surface area contributed by atoms with Crippen LogP contribution in [0.3, 0.4) is 0 Å². The molecule has 0 aliphatic rings. The number of rotatable bonds is 9. The van der Waals surface area contributed by atoms with Gasteiger partial charge in [-0.15, -0.1) is 0 Å². The predicted molar refractivity (Wildman–Crippen MR) is 131 cm³/mol. The number of nitrogens with zero attached hydrogens (tertiary/aromatic N) is 3. The number of hydrogen-bond donors (Lipinski definition) is 0. The summed E-state index contributed by atoms with van der Waals surface area (Å²) in [5.74, 6) is 1.05. The van der Waals surface area contributed by atoms with Gasteiger partial charge < -0.3 is 9.64 Å². The van der Waals surface area contributed by atoms with E-state index in [1.165, 1.54) is 16.9 Å². The van der Waals surface area contributed by atoms with Crippen molar-refractivity contribution >= 4 is 44.2 Å². The Kier molecular flexibility index (Phi) is 7.92. The lowest BCUT2D eigenvalue weighted by Gasteiger charge is -2.21. The lowest BCUT2D eigenvalue weighted by Crippen LogP contribution is -2.36. The van der Waals surface area contributed by atoms with Gasteiger partial charge in [-0.05, 0) is 75.3 Å². The van der Waals surface area contributed by atoms with Gasteiger partial charge in [0.05, 0.1) is 10.2 Å². The SMILES string of the molecule is Cc1c(Cl)ccc2sc(N(CCCN(C)C)C(=O)COc3ccc(C(C)C)cc3)nc12. The zero-order valence-corrected chi connectivity index (χ0v) is 20.4. The average Bonchev–Trinajstić information content (AvgIpc) is 3.17. The lowest BCUT2D eigenvalue weighted by atomic mass is 10.0. The third kappa shape index (κ3) is 5.97. The van der Waals surface area contributed by atoms with Crippen LogP contribution in [-0.2, 0) is 4.79 Å². The van der Waals surface area contributed by atoms with Crippen LogP contribution in [0, 0.1) is 6.92 Å². The topological polar surface area (TPSA) is 45.7 Å². The summed E-state index contributed by atoms with van der Waals surface area (Å²) in [4.78, 5) is 21.7. The second-order valence-corrected chi connectivity index (χ2v) is 9.65. The van der Waals surface area contributed by atoms with Gasteiger partial charge in [-0.25, -0.2) is 4.98 Å². The molecule has 0 fully saturated rings. The first-order chi connectivity index (χ1) is 14.8.